The summed E-state index contributed by atoms with van der Waals surface area (Å²) in [5.41, 5.74) is 1.16. The SMILES string of the molecule is C=CCN1CCN(c2ccccc2Cl)CC1. The molecule has 3 heteroatoms. The molecular formula is C13H17ClN2. The van der Waals surface area contributed by atoms with Gasteiger partial charge in [-0.3, -0.25) is 4.90 Å². The van der Waals surface area contributed by atoms with Crippen LogP contribution >= 0.6 is 11.6 Å². The second-order valence-electron chi connectivity index (χ2n) is 4.03. The quantitative estimate of drug-likeness (QED) is 0.745. The number of halogens is 1. The predicted octanol–water partition coefficient (Wildman–Crippen LogP) is 2.65. The van der Waals surface area contributed by atoms with Crippen LogP contribution in [0.1, 0.15) is 0 Å². The summed E-state index contributed by atoms with van der Waals surface area (Å²) in [5.74, 6) is 0. The van der Waals surface area contributed by atoms with E-state index in [1.54, 1.807) is 0 Å². The molecule has 0 atom stereocenters. The molecule has 1 saturated heterocycles. The Labute approximate surface area is 102 Å². The lowest BCUT2D eigenvalue weighted by Crippen LogP contribution is -2.46. The fourth-order valence-corrected chi connectivity index (χ4v) is 2.32. The molecule has 0 spiro atoms. The molecule has 1 aliphatic heterocycles. The van der Waals surface area contributed by atoms with E-state index in [9.17, 15) is 0 Å². The van der Waals surface area contributed by atoms with Crippen molar-refractivity contribution in [2.24, 2.45) is 0 Å². The Bertz CT molecular complexity index is 357. The molecule has 0 radical (unpaired) electrons. The molecule has 0 bridgehead atoms. The number of nitrogens with zero attached hydrogens (tertiary/aromatic N) is 2. The van der Waals surface area contributed by atoms with Crippen LogP contribution in [0.3, 0.4) is 0 Å². The first-order valence-corrected chi connectivity index (χ1v) is 6.02. The Hall–Kier alpha value is -0.990. The van der Waals surface area contributed by atoms with Gasteiger partial charge in [-0.05, 0) is 12.1 Å². The Kier molecular flexibility index (Phi) is 3.86. The Morgan fingerprint density at radius 2 is 1.88 bits per heavy atom. The van der Waals surface area contributed by atoms with Gasteiger partial charge < -0.3 is 4.90 Å². The van der Waals surface area contributed by atoms with Crippen LogP contribution < -0.4 is 4.90 Å². The smallest absolute Gasteiger partial charge is 0.0639 e. The molecule has 0 aromatic heterocycles. The molecule has 1 aromatic rings. The van der Waals surface area contributed by atoms with Gasteiger partial charge in [-0.15, -0.1) is 6.58 Å². The van der Waals surface area contributed by atoms with Crippen molar-refractivity contribution in [2.45, 2.75) is 0 Å². The molecule has 0 aliphatic carbocycles. The fourth-order valence-electron chi connectivity index (χ4n) is 2.06. The Morgan fingerprint density at radius 1 is 1.19 bits per heavy atom. The number of benzene rings is 1. The molecule has 0 saturated carbocycles. The maximum absolute atomic E-state index is 6.18. The van der Waals surface area contributed by atoms with Crippen molar-refractivity contribution in [2.75, 3.05) is 37.6 Å². The number of hydrogen-bond acceptors (Lipinski definition) is 2. The average Bonchev–Trinajstić information content (AvgIpc) is 2.31. The van der Waals surface area contributed by atoms with E-state index in [2.05, 4.69) is 22.4 Å². The van der Waals surface area contributed by atoms with Gasteiger partial charge in [-0.1, -0.05) is 29.8 Å². The predicted molar refractivity (Wildman–Crippen MR) is 70.3 cm³/mol. The summed E-state index contributed by atoms with van der Waals surface area (Å²) in [6.07, 6.45) is 1.96. The van der Waals surface area contributed by atoms with Crippen molar-refractivity contribution < 1.29 is 0 Å². The zero-order valence-electron chi connectivity index (χ0n) is 9.40. The Balaban J connectivity index is 1.99. The van der Waals surface area contributed by atoms with Crippen LogP contribution in [-0.2, 0) is 0 Å². The molecule has 2 rings (SSSR count). The third-order valence-electron chi connectivity index (χ3n) is 2.95. The van der Waals surface area contributed by atoms with E-state index in [0.717, 1.165) is 43.4 Å². The van der Waals surface area contributed by atoms with Gasteiger partial charge in [0, 0.05) is 32.7 Å². The molecule has 0 N–H and O–H groups in total. The molecule has 1 aromatic carbocycles. The first kappa shape index (κ1) is 11.5. The minimum atomic E-state index is 0.847. The van der Waals surface area contributed by atoms with Crippen molar-refractivity contribution >= 4 is 17.3 Å². The maximum Gasteiger partial charge on any atom is 0.0639 e. The minimum Gasteiger partial charge on any atom is -0.368 e. The number of rotatable bonds is 3. The molecule has 0 unspecified atom stereocenters. The lowest BCUT2D eigenvalue weighted by molar-refractivity contribution is 0.284. The Morgan fingerprint density at radius 3 is 2.50 bits per heavy atom. The summed E-state index contributed by atoms with van der Waals surface area (Å²) in [6.45, 7) is 8.99. The zero-order chi connectivity index (χ0) is 11.4. The fraction of sp³-hybridized carbons (Fsp3) is 0.385. The van der Waals surface area contributed by atoms with Crippen molar-refractivity contribution in [1.82, 2.24) is 4.90 Å². The largest absolute Gasteiger partial charge is 0.368 e. The third kappa shape index (κ3) is 2.57. The van der Waals surface area contributed by atoms with E-state index in [0.29, 0.717) is 0 Å². The highest BCUT2D eigenvalue weighted by atomic mass is 35.5. The summed E-state index contributed by atoms with van der Waals surface area (Å²) < 4.78 is 0. The highest BCUT2D eigenvalue weighted by Gasteiger charge is 2.17. The molecule has 1 fully saturated rings. The van der Waals surface area contributed by atoms with Gasteiger partial charge in [-0.25, -0.2) is 0 Å². The highest BCUT2D eigenvalue weighted by molar-refractivity contribution is 6.33. The average molecular weight is 237 g/mol. The molecule has 1 aliphatic rings. The van der Waals surface area contributed by atoms with Crippen molar-refractivity contribution in [1.29, 1.82) is 0 Å². The number of piperazine rings is 1. The molecule has 16 heavy (non-hydrogen) atoms. The zero-order valence-corrected chi connectivity index (χ0v) is 10.2. The summed E-state index contributed by atoms with van der Waals surface area (Å²) in [7, 11) is 0. The summed E-state index contributed by atoms with van der Waals surface area (Å²) in [4.78, 5) is 4.75. The standard InChI is InChI=1S/C13H17ClN2/c1-2-7-15-8-10-16(11-9-15)13-6-4-3-5-12(13)14/h2-6H,1,7-11H2. The molecule has 1 heterocycles. The van der Waals surface area contributed by atoms with Crippen LogP contribution in [-0.4, -0.2) is 37.6 Å². The maximum atomic E-state index is 6.18. The lowest BCUT2D eigenvalue weighted by Gasteiger charge is -2.35. The summed E-state index contributed by atoms with van der Waals surface area (Å²) in [6, 6.07) is 8.05. The second kappa shape index (κ2) is 5.37. The van der Waals surface area contributed by atoms with Gasteiger partial charge in [0.2, 0.25) is 0 Å². The minimum absolute atomic E-state index is 0.847. The van der Waals surface area contributed by atoms with Crippen molar-refractivity contribution in [3.63, 3.8) is 0 Å². The van der Waals surface area contributed by atoms with Crippen LogP contribution in [0.2, 0.25) is 5.02 Å². The van der Waals surface area contributed by atoms with E-state index in [1.165, 1.54) is 0 Å². The van der Waals surface area contributed by atoms with E-state index in [1.807, 2.05) is 24.3 Å². The second-order valence-corrected chi connectivity index (χ2v) is 4.43. The van der Waals surface area contributed by atoms with Crippen LogP contribution in [0.25, 0.3) is 0 Å². The van der Waals surface area contributed by atoms with Crippen LogP contribution in [0.5, 0.6) is 0 Å². The molecule has 0 amide bonds. The normalized spacial score (nSPS) is 17.4. The van der Waals surface area contributed by atoms with E-state index in [-0.39, 0.29) is 0 Å². The molecular weight excluding hydrogens is 220 g/mol. The summed E-state index contributed by atoms with van der Waals surface area (Å²) in [5, 5.41) is 0.847. The van der Waals surface area contributed by atoms with E-state index >= 15 is 0 Å². The monoisotopic (exact) mass is 236 g/mol. The van der Waals surface area contributed by atoms with Crippen LogP contribution in [0, 0.1) is 0 Å². The van der Waals surface area contributed by atoms with E-state index in [4.69, 9.17) is 11.6 Å². The van der Waals surface area contributed by atoms with Gasteiger partial charge in [0.15, 0.2) is 0 Å². The van der Waals surface area contributed by atoms with Crippen LogP contribution in [0.4, 0.5) is 5.69 Å². The number of anilines is 1. The number of para-hydroxylation sites is 1. The van der Waals surface area contributed by atoms with Gasteiger partial charge in [0.1, 0.15) is 0 Å². The lowest BCUT2D eigenvalue weighted by atomic mass is 10.2. The van der Waals surface area contributed by atoms with Crippen molar-refractivity contribution in [3.8, 4) is 0 Å². The van der Waals surface area contributed by atoms with Crippen LogP contribution in [0.15, 0.2) is 36.9 Å². The third-order valence-corrected chi connectivity index (χ3v) is 3.27. The van der Waals surface area contributed by atoms with Gasteiger partial charge >= 0.3 is 0 Å². The van der Waals surface area contributed by atoms with Gasteiger partial charge in [0.25, 0.3) is 0 Å². The molecule has 2 nitrogen and oxygen atoms in total. The van der Waals surface area contributed by atoms with E-state index < -0.39 is 0 Å². The topological polar surface area (TPSA) is 6.48 Å². The summed E-state index contributed by atoms with van der Waals surface area (Å²) >= 11 is 6.18. The van der Waals surface area contributed by atoms with Gasteiger partial charge in [0.05, 0.1) is 10.7 Å². The highest BCUT2D eigenvalue weighted by Crippen LogP contribution is 2.25. The first-order valence-electron chi connectivity index (χ1n) is 5.64. The van der Waals surface area contributed by atoms with Gasteiger partial charge in [-0.2, -0.15) is 0 Å². The van der Waals surface area contributed by atoms with Crippen molar-refractivity contribution in [3.05, 3.63) is 41.9 Å². The number of hydrogen-bond donors (Lipinski definition) is 0. The molecule has 86 valence electrons. The first-order chi connectivity index (χ1) is 7.81.